The Morgan fingerprint density at radius 2 is 1.02 bits per heavy atom. The van der Waals surface area contributed by atoms with Crippen molar-refractivity contribution in [2.75, 3.05) is 24.7 Å². The molecule has 0 aromatic heterocycles. The monoisotopic (exact) mass is 814 g/mol. The first-order chi connectivity index (χ1) is 28.3. The molecule has 0 unspecified atom stereocenters. The van der Waals surface area contributed by atoms with Gasteiger partial charge in [-0.2, -0.15) is 0 Å². The summed E-state index contributed by atoms with van der Waals surface area (Å²) in [5.74, 6) is 13.2. The van der Waals surface area contributed by atoms with Crippen molar-refractivity contribution < 1.29 is 32.6 Å². The van der Waals surface area contributed by atoms with Gasteiger partial charge in [0, 0.05) is 44.2 Å². The molecule has 0 bridgehead atoms. The predicted molar refractivity (Wildman–Crippen MR) is 231 cm³/mol. The molecule has 0 spiro atoms. The van der Waals surface area contributed by atoms with E-state index in [1.54, 1.807) is 12.1 Å². The molecule has 0 N–H and O–H groups in total. The number of ether oxygens (including phenoxy) is 3. The maximum atomic E-state index is 14.8. The number of carbonyl (C=O) groups excluding carboxylic acids is 2. The van der Waals surface area contributed by atoms with Crippen LogP contribution in [0.3, 0.4) is 0 Å². The number of hydrogen-bond donors (Lipinski definition) is 0. The van der Waals surface area contributed by atoms with Gasteiger partial charge in [-0.1, -0.05) is 55.0 Å². The number of carbonyl (C=O) groups is 2. The second kappa shape index (κ2) is 23.5. The molecule has 0 saturated carbocycles. The summed E-state index contributed by atoms with van der Waals surface area (Å²) < 4.78 is 45.4. The first-order valence-electron chi connectivity index (χ1n) is 19.0. The van der Waals surface area contributed by atoms with Gasteiger partial charge in [0.2, 0.25) is 0 Å². The fourth-order valence-corrected chi connectivity index (χ4v) is 7.39. The number of hydrogen-bond acceptors (Lipinski definition) is 7. The van der Waals surface area contributed by atoms with Crippen molar-refractivity contribution in [2.24, 2.45) is 0 Å². The van der Waals surface area contributed by atoms with Crippen molar-refractivity contribution in [1.29, 1.82) is 0 Å². The van der Waals surface area contributed by atoms with Crippen LogP contribution in [-0.2, 0) is 25.7 Å². The number of thioether (sulfide) groups is 2. The zero-order chi connectivity index (χ0) is 41.0. The van der Waals surface area contributed by atoms with Gasteiger partial charge in [0.1, 0.15) is 24.0 Å². The smallest absolute Gasteiger partial charge is 0.330 e. The molecule has 0 amide bonds. The fraction of sp³-hybridized carbons (Fsp3) is 0.224. The highest BCUT2D eigenvalue weighted by atomic mass is 32.2. The maximum absolute atomic E-state index is 14.8. The van der Waals surface area contributed by atoms with Gasteiger partial charge in [0.05, 0.1) is 13.2 Å². The third kappa shape index (κ3) is 14.6. The largest absolute Gasteiger partial charge is 0.489 e. The minimum absolute atomic E-state index is 0.285. The van der Waals surface area contributed by atoms with Gasteiger partial charge in [0.25, 0.3) is 0 Å². The van der Waals surface area contributed by atoms with Gasteiger partial charge in [-0.05, 0) is 145 Å². The van der Waals surface area contributed by atoms with Crippen LogP contribution in [0.4, 0.5) is 8.78 Å². The molecule has 0 aliphatic heterocycles. The van der Waals surface area contributed by atoms with Gasteiger partial charge in [-0.3, -0.25) is 0 Å². The van der Waals surface area contributed by atoms with Gasteiger partial charge < -0.3 is 14.2 Å². The number of benzene rings is 5. The second-order valence-electron chi connectivity index (χ2n) is 13.1. The molecule has 296 valence electrons. The number of halogens is 2. The molecule has 9 heteroatoms. The van der Waals surface area contributed by atoms with E-state index >= 15 is 0 Å². The molecule has 5 rings (SSSR count). The van der Waals surface area contributed by atoms with E-state index < -0.39 is 11.9 Å². The van der Waals surface area contributed by atoms with Crippen LogP contribution in [-0.4, -0.2) is 36.7 Å². The van der Waals surface area contributed by atoms with E-state index in [0.29, 0.717) is 46.5 Å². The van der Waals surface area contributed by atoms with Gasteiger partial charge in [0.15, 0.2) is 0 Å². The molecule has 0 atom stereocenters. The molecule has 0 saturated heterocycles. The van der Waals surface area contributed by atoms with Crippen LogP contribution in [0.25, 0.3) is 10.8 Å². The van der Waals surface area contributed by atoms with Crippen molar-refractivity contribution in [1.82, 2.24) is 0 Å². The molecular formula is C49H44F2O5S2. The van der Waals surface area contributed by atoms with Crippen molar-refractivity contribution in [2.45, 2.75) is 54.9 Å². The SMILES string of the molecule is C=CC(=O)OCCCCCSc1ccc(C#Cc2ccc(OCc3ccc4cc(C#Cc5ccc(SCCCCCOC(=O)C=C)c(F)c5)ccc4c3)cc2)cc1F. The van der Waals surface area contributed by atoms with E-state index in [1.165, 1.54) is 35.7 Å². The summed E-state index contributed by atoms with van der Waals surface area (Å²) in [5.41, 5.74) is 3.86. The van der Waals surface area contributed by atoms with E-state index in [-0.39, 0.29) is 11.6 Å². The Labute approximate surface area is 348 Å². The zero-order valence-electron chi connectivity index (χ0n) is 32.2. The van der Waals surface area contributed by atoms with Crippen LogP contribution in [0, 0.1) is 35.3 Å². The molecular weight excluding hydrogens is 771 g/mol. The topological polar surface area (TPSA) is 61.8 Å². The molecule has 5 aromatic carbocycles. The van der Waals surface area contributed by atoms with Crippen LogP contribution in [0.2, 0.25) is 0 Å². The second-order valence-corrected chi connectivity index (χ2v) is 15.3. The molecule has 0 radical (unpaired) electrons. The van der Waals surface area contributed by atoms with Crippen LogP contribution in [0.15, 0.2) is 132 Å². The van der Waals surface area contributed by atoms with Crippen molar-refractivity contribution in [3.63, 3.8) is 0 Å². The van der Waals surface area contributed by atoms with Crippen LogP contribution >= 0.6 is 23.5 Å². The van der Waals surface area contributed by atoms with Gasteiger partial charge >= 0.3 is 11.9 Å². The molecule has 58 heavy (non-hydrogen) atoms. The third-order valence-electron chi connectivity index (χ3n) is 8.65. The standard InChI is InChI=1S/C49H44F2O5S2/c1-3-48(52)54-27-7-5-9-29-57-46-25-19-38(33-44(46)50)12-11-36-17-23-43(24-18-36)56-35-40-16-22-41-31-37(15-21-42(41)32-40)13-14-39-20-26-47(45(51)34-39)58-30-10-6-8-28-55-49(53)4-2/h3-4,15-26,31-34H,1-2,5-10,27-30,35H2. The molecule has 0 fully saturated rings. The highest BCUT2D eigenvalue weighted by molar-refractivity contribution is 7.99. The minimum atomic E-state index is -0.413. The van der Waals surface area contributed by atoms with Crippen LogP contribution in [0.1, 0.15) is 66.3 Å². The Kier molecular flexibility index (Phi) is 17.6. The Bertz CT molecular complexity index is 2330. The summed E-state index contributed by atoms with van der Waals surface area (Å²) in [7, 11) is 0. The number of esters is 2. The Hall–Kier alpha value is -5.74. The van der Waals surface area contributed by atoms with E-state index in [2.05, 4.69) is 42.9 Å². The number of fused-ring (bicyclic) bond motifs is 1. The maximum Gasteiger partial charge on any atom is 0.330 e. The zero-order valence-corrected chi connectivity index (χ0v) is 33.8. The minimum Gasteiger partial charge on any atom is -0.489 e. The van der Waals surface area contributed by atoms with E-state index in [1.807, 2.05) is 66.7 Å². The average Bonchev–Trinajstić information content (AvgIpc) is 3.24. The summed E-state index contributed by atoms with van der Waals surface area (Å²) in [6.45, 7) is 7.88. The quantitative estimate of drug-likeness (QED) is 0.0270. The summed E-state index contributed by atoms with van der Waals surface area (Å²) >= 11 is 2.94. The van der Waals surface area contributed by atoms with E-state index in [9.17, 15) is 18.4 Å². The first kappa shape index (κ1) is 43.4. The Morgan fingerprint density at radius 1 is 0.552 bits per heavy atom. The normalized spacial score (nSPS) is 10.4. The summed E-state index contributed by atoms with van der Waals surface area (Å²) in [5, 5.41) is 2.10. The third-order valence-corrected chi connectivity index (χ3v) is 10.9. The molecule has 0 aliphatic carbocycles. The lowest BCUT2D eigenvalue weighted by Gasteiger charge is -2.08. The van der Waals surface area contributed by atoms with Crippen LogP contribution < -0.4 is 4.74 Å². The number of rotatable bonds is 19. The highest BCUT2D eigenvalue weighted by Gasteiger charge is 2.06. The highest BCUT2D eigenvalue weighted by Crippen LogP contribution is 2.26. The lowest BCUT2D eigenvalue weighted by molar-refractivity contribution is -0.138. The molecule has 0 aliphatic rings. The van der Waals surface area contributed by atoms with Gasteiger partial charge in [-0.25, -0.2) is 18.4 Å². The summed E-state index contributed by atoms with van der Waals surface area (Å²) in [6, 6.07) is 29.8. The Morgan fingerprint density at radius 3 is 1.55 bits per heavy atom. The van der Waals surface area contributed by atoms with Crippen LogP contribution in [0.5, 0.6) is 5.75 Å². The van der Waals surface area contributed by atoms with E-state index in [0.717, 1.165) is 89.6 Å². The van der Waals surface area contributed by atoms with Crippen molar-refractivity contribution in [3.8, 4) is 29.4 Å². The van der Waals surface area contributed by atoms with Crippen molar-refractivity contribution in [3.05, 3.63) is 162 Å². The average molecular weight is 815 g/mol. The summed E-state index contributed by atoms with van der Waals surface area (Å²) in [4.78, 5) is 23.3. The lowest BCUT2D eigenvalue weighted by Crippen LogP contribution is -2.01. The number of unbranched alkanes of at least 4 members (excludes halogenated alkanes) is 4. The molecule has 5 aromatic rings. The molecule has 0 heterocycles. The Balaban J connectivity index is 1.05. The molecule has 5 nitrogen and oxygen atoms in total. The predicted octanol–water partition coefficient (Wildman–Crippen LogP) is 11.5. The van der Waals surface area contributed by atoms with Crippen molar-refractivity contribution >= 4 is 46.2 Å². The van der Waals surface area contributed by atoms with Gasteiger partial charge in [-0.15, -0.1) is 23.5 Å². The summed E-state index contributed by atoms with van der Waals surface area (Å²) in [6.07, 6.45) is 7.41. The lowest BCUT2D eigenvalue weighted by atomic mass is 10.0. The van der Waals surface area contributed by atoms with E-state index in [4.69, 9.17) is 14.2 Å². The fourth-order valence-electron chi connectivity index (χ4n) is 5.53. The first-order valence-corrected chi connectivity index (χ1v) is 21.0.